The second-order valence-corrected chi connectivity index (χ2v) is 6.53. The summed E-state index contributed by atoms with van der Waals surface area (Å²) in [5.74, 6) is 1.83. The molecule has 0 bridgehead atoms. The molecule has 2 nitrogen and oxygen atoms in total. The fourth-order valence-electron chi connectivity index (χ4n) is 0.975. The van der Waals surface area contributed by atoms with Crippen LogP contribution in [0.1, 0.15) is 5.56 Å². The van der Waals surface area contributed by atoms with Crippen LogP contribution in [0.25, 0.3) is 0 Å². The van der Waals surface area contributed by atoms with Crippen molar-refractivity contribution < 1.29 is 8.42 Å². The Labute approximate surface area is 89.6 Å². The zero-order chi connectivity index (χ0) is 10.4. The molecule has 0 aliphatic rings. The highest BCUT2D eigenvalue weighted by molar-refractivity contribution is 7.99. The van der Waals surface area contributed by atoms with Crippen LogP contribution in [0.2, 0.25) is 0 Å². The van der Waals surface area contributed by atoms with E-state index in [0.717, 1.165) is 5.75 Å². The minimum Gasteiger partial charge on any atom is -0.229 e. The fraction of sp³-hybridized carbons (Fsp3) is 0.400. The second-order valence-electron chi connectivity index (χ2n) is 3.17. The van der Waals surface area contributed by atoms with E-state index in [1.165, 1.54) is 11.8 Å². The van der Waals surface area contributed by atoms with Gasteiger partial charge in [0, 0.05) is 17.8 Å². The Morgan fingerprint density at radius 1 is 1.21 bits per heavy atom. The van der Waals surface area contributed by atoms with Gasteiger partial charge in [-0.25, -0.2) is 8.42 Å². The summed E-state index contributed by atoms with van der Waals surface area (Å²) in [5.41, 5.74) is 1.24. The van der Waals surface area contributed by atoms with Gasteiger partial charge in [0.15, 0.2) is 0 Å². The highest BCUT2D eigenvalue weighted by atomic mass is 32.2. The molecule has 4 heteroatoms. The molecule has 0 saturated carbocycles. The Morgan fingerprint density at radius 2 is 1.86 bits per heavy atom. The molecule has 0 unspecified atom stereocenters. The van der Waals surface area contributed by atoms with E-state index in [1.54, 1.807) is 11.8 Å². The van der Waals surface area contributed by atoms with E-state index in [9.17, 15) is 8.42 Å². The first kappa shape index (κ1) is 11.6. The maximum absolute atomic E-state index is 10.8. The van der Waals surface area contributed by atoms with Crippen LogP contribution in [0.3, 0.4) is 0 Å². The minimum absolute atomic E-state index is 0.268. The van der Waals surface area contributed by atoms with Crippen molar-refractivity contribution in [3.8, 4) is 0 Å². The maximum atomic E-state index is 10.8. The molecule has 0 aliphatic heterocycles. The molecule has 0 radical (unpaired) electrons. The summed E-state index contributed by atoms with van der Waals surface area (Å²) >= 11 is 1.65. The largest absolute Gasteiger partial charge is 0.229 e. The van der Waals surface area contributed by atoms with E-state index in [2.05, 4.69) is 0 Å². The molecule has 0 atom stereocenters. The average molecular weight is 230 g/mol. The highest BCUT2D eigenvalue weighted by Crippen LogP contribution is 2.11. The average Bonchev–Trinajstić information content (AvgIpc) is 2.13. The number of hydrogen-bond donors (Lipinski definition) is 0. The monoisotopic (exact) mass is 230 g/mol. The topological polar surface area (TPSA) is 34.1 Å². The first-order chi connectivity index (χ1) is 6.58. The predicted molar refractivity (Wildman–Crippen MR) is 62.3 cm³/mol. The molecule has 0 heterocycles. The predicted octanol–water partition coefficient (Wildman–Crippen LogP) is 1.96. The van der Waals surface area contributed by atoms with Gasteiger partial charge in [0.05, 0.1) is 5.75 Å². The molecule has 1 rings (SSSR count). The number of benzene rings is 1. The quantitative estimate of drug-likeness (QED) is 0.725. The third-order valence-corrected chi connectivity index (χ3v) is 3.94. The third kappa shape index (κ3) is 5.29. The molecule has 0 aliphatic carbocycles. The summed E-state index contributed by atoms with van der Waals surface area (Å²) in [4.78, 5) is 0. The van der Waals surface area contributed by atoms with Crippen LogP contribution in [-0.4, -0.2) is 26.2 Å². The molecule has 0 N–H and O–H groups in total. The molecule has 78 valence electrons. The molecular formula is C10H14O2S2. The third-order valence-electron chi connectivity index (χ3n) is 1.71. The van der Waals surface area contributed by atoms with Crippen LogP contribution < -0.4 is 0 Å². The van der Waals surface area contributed by atoms with Gasteiger partial charge in [0.1, 0.15) is 9.84 Å². The van der Waals surface area contributed by atoms with Crippen LogP contribution in [0.5, 0.6) is 0 Å². The van der Waals surface area contributed by atoms with E-state index in [0.29, 0.717) is 5.75 Å². The van der Waals surface area contributed by atoms with Gasteiger partial charge < -0.3 is 0 Å². The first-order valence-corrected chi connectivity index (χ1v) is 7.59. The second kappa shape index (κ2) is 5.41. The Bertz CT molecular complexity index is 357. The molecule has 14 heavy (non-hydrogen) atoms. The van der Waals surface area contributed by atoms with Crippen LogP contribution in [0, 0.1) is 0 Å². The van der Waals surface area contributed by atoms with Gasteiger partial charge in [-0.15, -0.1) is 0 Å². The molecule has 0 saturated heterocycles. The van der Waals surface area contributed by atoms with E-state index < -0.39 is 9.84 Å². The summed E-state index contributed by atoms with van der Waals surface area (Å²) in [6, 6.07) is 10.1. The summed E-state index contributed by atoms with van der Waals surface area (Å²) in [6.45, 7) is 0. The van der Waals surface area contributed by atoms with Crippen molar-refractivity contribution in [2.45, 2.75) is 5.75 Å². The van der Waals surface area contributed by atoms with Crippen LogP contribution in [0.4, 0.5) is 0 Å². The molecule has 0 fully saturated rings. The van der Waals surface area contributed by atoms with Crippen molar-refractivity contribution in [2.24, 2.45) is 0 Å². The summed E-state index contributed by atoms with van der Waals surface area (Å²) in [5, 5.41) is 0. The van der Waals surface area contributed by atoms with Crippen molar-refractivity contribution in [1.29, 1.82) is 0 Å². The normalized spacial score (nSPS) is 11.5. The molecular weight excluding hydrogens is 216 g/mol. The van der Waals surface area contributed by atoms with E-state index in [1.807, 2.05) is 30.3 Å². The Balaban J connectivity index is 2.23. The minimum atomic E-state index is -2.80. The lowest BCUT2D eigenvalue weighted by atomic mass is 10.2. The number of sulfone groups is 1. The van der Waals surface area contributed by atoms with Gasteiger partial charge in [0.25, 0.3) is 0 Å². The Kier molecular flexibility index (Phi) is 4.48. The van der Waals surface area contributed by atoms with E-state index in [4.69, 9.17) is 0 Å². The zero-order valence-electron chi connectivity index (χ0n) is 8.14. The van der Waals surface area contributed by atoms with Crippen LogP contribution in [-0.2, 0) is 15.6 Å². The summed E-state index contributed by atoms with van der Waals surface area (Å²) in [6.07, 6.45) is 1.27. The highest BCUT2D eigenvalue weighted by Gasteiger charge is 2.01. The first-order valence-electron chi connectivity index (χ1n) is 4.37. The van der Waals surface area contributed by atoms with Crippen molar-refractivity contribution >= 4 is 21.6 Å². The summed E-state index contributed by atoms with van der Waals surface area (Å²) in [7, 11) is -2.80. The molecule has 0 aromatic heterocycles. The van der Waals surface area contributed by atoms with Gasteiger partial charge >= 0.3 is 0 Å². The van der Waals surface area contributed by atoms with E-state index in [-0.39, 0.29) is 5.75 Å². The summed E-state index contributed by atoms with van der Waals surface area (Å²) < 4.78 is 21.7. The van der Waals surface area contributed by atoms with E-state index >= 15 is 0 Å². The standard InChI is InChI=1S/C10H14O2S2/c1-14(11,12)8-7-13-9-10-5-3-2-4-6-10/h2-6H,7-9H2,1H3. The van der Waals surface area contributed by atoms with Crippen LogP contribution >= 0.6 is 11.8 Å². The fourth-order valence-corrected chi connectivity index (χ4v) is 3.23. The molecule has 1 aromatic rings. The Morgan fingerprint density at radius 3 is 2.43 bits per heavy atom. The molecule has 0 spiro atoms. The van der Waals surface area contributed by atoms with Crippen molar-refractivity contribution in [2.75, 3.05) is 17.8 Å². The van der Waals surface area contributed by atoms with Gasteiger partial charge in [-0.1, -0.05) is 30.3 Å². The molecule has 1 aromatic carbocycles. The van der Waals surface area contributed by atoms with Crippen molar-refractivity contribution in [3.63, 3.8) is 0 Å². The lowest BCUT2D eigenvalue weighted by Crippen LogP contribution is -2.05. The maximum Gasteiger partial charge on any atom is 0.148 e. The van der Waals surface area contributed by atoms with Crippen LogP contribution in [0.15, 0.2) is 30.3 Å². The lowest BCUT2D eigenvalue weighted by molar-refractivity contribution is 0.603. The smallest absolute Gasteiger partial charge is 0.148 e. The Hall–Kier alpha value is -0.480. The number of thioether (sulfide) groups is 1. The van der Waals surface area contributed by atoms with Crippen molar-refractivity contribution in [3.05, 3.63) is 35.9 Å². The number of rotatable bonds is 5. The SMILES string of the molecule is CS(=O)(=O)CCSCc1ccccc1. The van der Waals surface area contributed by atoms with Gasteiger partial charge in [0.2, 0.25) is 0 Å². The lowest BCUT2D eigenvalue weighted by Gasteiger charge is -2.00. The van der Waals surface area contributed by atoms with Gasteiger partial charge in [-0.3, -0.25) is 0 Å². The molecule has 0 amide bonds. The zero-order valence-corrected chi connectivity index (χ0v) is 9.77. The van der Waals surface area contributed by atoms with Gasteiger partial charge in [-0.2, -0.15) is 11.8 Å². The number of hydrogen-bond acceptors (Lipinski definition) is 3. The van der Waals surface area contributed by atoms with Gasteiger partial charge in [-0.05, 0) is 5.56 Å². The van der Waals surface area contributed by atoms with Crippen molar-refractivity contribution in [1.82, 2.24) is 0 Å².